The van der Waals surface area contributed by atoms with Crippen LogP contribution in [0, 0.1) is 0 Å². The number of anilines is 9. The van der Waals surface area contributed by atoms with E-state index in [2.05, 4.69) is 104 Å². The Morgan fingerprint density at radius 1 is 0.331 bits per heavy atom. The molecule has 12 aromatic rings. The zero-order chi connectivity index (χ0) is 88.6. The molecule has 662 valence electrons. The number of ether oxygens (including phenoxy) is 3. The first-order valence-corrected chi connectivity index (χ1v) is 43.0. The van der Waals surface area contributed by atoms with Gasteiger partial charge in [-0.25, -0.2) is 42.9 Å². The maximum Gasteiger partial charge on any atom is 0.323 e. The molecule has 5 fully saturated rings. The second kappa shape index (κ2) is 41.1. The van der Waals surface area contributed by atoms with E-state index in [-0.39, 0.29) is 35.8 Å². The van der Waals surface area contributed by atoms with E-state index in [1.807, 2.05) is 145 Å². The lowest BCUT2D eigenvalue weighted by Gasteiger charge is -2.32. The van der Waals surface area contributed by atoms with Crippen LogP contribution in [0.15, 0.2) is 182 Å². The standard InChI is InChI=1S/C32H39N9O3.C32H38N8O3.C29H34N8O3/c1-37(2)21-23-20-28-30(39-16-18-44-19-17-39)35-29(36-41(28)22-23)24-4-8-26(9-5-24)33-32(43)34-27-10-6-25(7-11-27)31(42)40-14-12-38(3)13-15-40;1-37(2)21-23-20-28-30(38-16-18-43-19-17-38)35-29(36-40(28)22-23)24-6-10-26(11-7-24)33-32(42)34-27-12-8-25(9-13-27)31(41)39-14-4-3-5-15-39;1-34(2)18-20-17-25-27(36-13-15-40-16-14-36)32-26(33-37(25)19-20)21-5-9-23(10-6-21)30-29(39)31-24-11-7-22(8-12-24)28(38)35(3)4/h4-11,20,22H,12-19,21H2,1-3H3,(H2,33,34,43);6-13,20,22H,3-5,14-19,21H2,1-2H3,(H2,33,34,42);5-12,17,19H,13-16,18H2,1-4H3,(H2,30,31,39). The van der Waals surface area contributed by atoms with Gasteiger partial charge in [0.2, 0.25) is 0 Å². The summed E-state index contributed by atoms with van der Waals surface area (Å²) in [7, 11) is 17.7. The summed E-state index contributed by atoms with van der Waals surface area (Å²) in [6, 6.07) is 48.5. The van der Waals surface area contributed by atoms with Gasteiger partial charge in [0.05, 0.1) is 39.6 Å². The van der Waals surface area contributed by atoms with Crippen LogP contribution < -0.4 is 46.6 Å². The Bertz CT molecular complexity index is 5790. The number of aromatic nitrogens is 9. The number of hydrogen-bond acceptors (Lipinski definition) is 22. The summed E-state index contributed by atoms with van der Waals surface area (Å²) in [5.74, 6) is 4.45. The van der Waals surface area contributed by atoms with Crippen LogP contribution in [0.5, 0.6) is 0 Å². The van der Waals surface area contributed by atoms with Crippen molar-refractivity contribution in [3.05, 3.63) is 216 Å². The number of likely N-dealkylation sites (tertiary alicyclic amines) is 1. The van der Waals surface area contributed by atoms with E-state index in [0.717, 1.165) is 173 Å². The number of benzene rings is 6. The highest BCUT2D eigenvalue weighted by Crippen LogP contribution is 2.33. The summed E-state index contributed by atoms with van der Waals surface area (Å²) in [4.78, 5) is 111. The second-order valence-electron chi connectivity index (χ2n) is 33.2. The van der Waals surface area contributed by atoms with E-state index in [9.17, 15) is 28.8 Å². The first-order chi connectivity index (χ1) is 61.5. The molecule has 6 N–H and O–H groups in total. The summed E-state index contributed by atoms with van der Waals surface area (Å²) in [6.45, 7) is 15.8. The fourth-order valence-corrected chi connectivity index (χ4v) is 15.7. The highest BCUT2D eigenvalue weighted by Gasteiger charge is 2.27. The lowest BCUT2D eigenvalue weighted by atomic mass is 10.1. The van der Waals surface area contributed by atoms with Gasteiger partial charge in [-0.1, -0.05) is 0 Å². The maximum absolute atomic E-state index is 12.8. The number of nitrogens with one attached hydrogen (secondary N) is 6. The number of carbonyl (C=O) groups excluding carboxylic acids is 6. The van der Waals surface area contributed by atoms with Crippen molar-refractivity contribution in [2.24, 2.45) is 0 Å². The lowest BCUT2D eigenvalue weighted by Crippen LogP contribution is -2.47. The minimum atomic E-state index is -0.382. The summed E-state index contributed by atoms with van der Waals surface area (Å²) in [5, 5.41) is 31.5. The van der Waals surface area contributed by atoms with Gasteiger partial charge in [0.25, 0.3) is 17.7 Å². The van der Waals surface area contributed by atoms with E-state index in [1.54, 1.807) is 86.9 Å². The molecule has 0 unspecified atom stereocenters. The van der Waals surface area contributed by atoms with E-state index in [4.69, 9.17) is 44.5 Å². The smallest absolute Gasteiger partial charge is 0.323 e. The molecular weight excluding hydrogens is 1610 g/mol. The van der Waals surface area contributed by atoms with Gasteiger partial charge in [-0.05, 0) is 249 Å². The van der Waals surface area contributed by atoms with Crippen molar-refractivity contribution < 1.29 is 43.0 Å². The van der Waals surface area contributed by atoms with Crippen LogP contribution in [0.3, 0.4) is 0 Å². The topological polar surface area (TPSA) is 325 Å². The Hall–Kier alpha value is -13.5. The average molecular weight is 1720 g/mol. The van der Waals surface area contributed by atoms with Gasteiger partial charge < -0.3 is 95.1 Å². The van der Waals surface area contributed by atoms with Crippen molar-refractivity contribution in [2.75, 3.05) is 228 Å². The van der Waals surface area contributed by atoms with Gasteiger partial charge in [-0.2, -0.15) is 0 Å². The Balaban J connectivity index is 0.000000147. The van der Waals surface area contributed by atoms with Crippen molar-refractivity contribution in [3.63, 3.8) is 0 Å². The third-order valence-electron chi connectivity index (χ3n) is 22.1. The monoisotopic (exact) mass is 1720 g/mol. The van der Waals surface area contributed by atoms with Gasteiger partial charge in [-0.3, -0.25) is 14.4 Å². The van der Waals surface area contributed by atoms with Crippen LogP contribution in [0.1, 0.15) is 67.0 Å². The molecule has 34 heteroatoms. The van der Waals surface area contributed by atoms with Gasteiger partial charge in [-0.15, -0.1) is 15.3 Å². The Kier molecular flexibility index (Phi) is 28.6. The number of nitrogens with zero attached hydrogens (tertiary/aromatic N) is 19. The number of amides is 9. The summed E-state index contributed by atoms with van der Waals surface area (Å²) < 4.78 is 22.4. The average Bonchev–Trinajstić information content (AvgIpc) is 1.67. The van der Waals surface area contributed by atoms with Crippen molar-refractivity contribution in [2.45, 2.75) is 38.9 Å². The number of likely N-dealkylation sites (N-methyl/N-ethyl adjacent to an activating group) is 1. The summed E-state index contributed by atoms with van der Waals surface area (Å²) in [5.41, 5.74) is 14.4. The minimum absolute atomic E-state index is 0.0140. The third kappa shape index (κ3) is 23.0. The molecule has 6 aromatic carbocycles. The molecule has 127 heavy (non-hydrogen) atoms. The molecule has 34 nitrogen and oxygen atoms in total. The van der Waals surface area contributed by atoms with Crippen molar-refractivity contribution in [1.82, 2.24) is 78.1 Å². The molecule has 0 bridgehead atoms. The molecule has 17 rings (SSSR count). The van der Waals surface area contributed by atoms with Gasteiger partial charge in [0, 0.05) is 198 Å². The largest absolute Gasteiger partial charge is 0.378 e. The SMILES string of the molecule is CN(C)Cc1cc2c(N3CCOCC3)nc(-c3ccc(NC(=O)Nc4ccc(C(=O)N(C)C)cc4)cc3)nn2c1.CN(C)Cc1cc2c(N3CCOCC3)nc(-c3ccc(NC(=O)Nc4ccc(C(=O)N5CCCCC5)cc4)cc3)nn2c1.CN(C)Cc1cc2c(N3CCOCC3)nc(-c3ccc(NC(=O)Nc4ccc(C(=O)N5CCN(C)CC5)cc4)cc3)nn2c1. The number of fused-ring (bicyclic) bond motifs is 3. The molecule has 0 radical (unpaired) electrons. The van der Waals surface area contributed by atoms with E-state index in [1.165, 1.54) is 16.9 Å². The number of piperidine rings is 1. The molecule has 11 heterocycles. The van der Waals surface area contributed by atoms with Crippen molar-refractivity contribution in [3.8, 4) is 34.2 Å². The highest BCUT2D eigenvalue weighted by atomic mass is 16.5. The molecule has 9 amide bonds. The molecule has 0 spiro atoms. The van der Waals surface area contributed by atoms with Crippen LogP contribution in [0.4, 0.5) is 66.0 Å². The molecule has 0 atom stereocenters. The molecule has 5 saturated heterocycles. The molecule has 5 aliphatic heterocycles. The molecule has 5 aliphatic rings. The van der Waals surface area contributed by atoms with Crippen LogP contribution in [-0.2, 0) is 33.8 Å². The molecule has 0 saturated carbocycles. The van der Waals surface area contributed by atoms with Crippen LogP contribution in [0.25, 0.3) is 50.7 Å². The quantitative estimate of drug-likeness (QED) is 0.0389. The summed E-state index contributed by atoms with van der Waals surface area (Å²) in [6.07, 6.45) is 9.44. The number of urea groups is 3. The predicted octanol–water partition coefficient (Wildman–Crippen LogP) is 11.5. The fourth-order valence-electron chi connectivity index (χ4n) is 15.7. The zero-order valence-corrected chi connectivity index (χ0v) is 73.5. The van der Waals surface area contributed by atoms with Crippen LogP contribution >= 0.6 is 0 Å². The van der Waals surface area contributed by atoms with Gasteiger partial charge in [0.15, 0.2) is 34.9 Å². The third-order valence-corrected chi connectivity index (χ3v) is 22.1. The lowest BCUT2D eigenvalue weighted by molar-refractivity contribution is 0.0663. The number of hydrogen-bond donors (Lipinski definition) is 6. The maximum atomic E-state index is 12.8. The van der Waals surface area contributed by atoms with Crippen LogP contribution in [0.2, 0.25) is 0 Å². The highest BCUT2D eigenvalue weighted by molar-refractivity contribution is 6.03. The van der Waals surface area contributed by atoms with Crippen LogP contribution in [-0.4, -0.2) is 296 Å². The van der Waals surface area contributed by atoms with Crippen molar-refractivity contribution in [1.29, 1.82) is 0 Å². The van der Waals surface area contributed by atoms with E-state index in [0.29, 0.717) is 108 Å². The number of morpholine rings is 3. The first kappa shape index (κ1) is 88.4. The molecule has 0 aliphatic carbocycles. The zero-order valence-electron chi connectivity index (χ0n) is 73.5. The Morgan fingerprint density at radius 3 is 0.874 bits per heavy atom. The predicted molar refractivity (Wildman–Crippen MR) is 495 cm³/mol. The number of piperazine rings is 1. The summed E-state index contributed by atoms with van der Waals surface area (Å²) >= 11 is 0. The van der Waals surface area contributed by atoms with Crippen molar-refractivity contribution >= 4 is 104 Å². The minimum Gasteiger partial charge on any atom is -0.378 e. The number of rotatable bonds is 21. The molecule has 6 aromatic heterocycles. The van der Waals surface area contributed by atoms with Gasteiger partial charge in [0.1, 0.15) is 16.6 Å². The van der Waals surface area contributed by atoms with E-state index < -0.39 is 0 Å². The molecular formula is C93H111N25O9. The first-order valence-electron chi connectivity index (χ1n) is 43.0. The van der Waals surface area contributed by atoms with Gasteiger partial charge >= 0.3 is 18.1 Å². The Labute approximate surface area is 738 Å². The second-order valence-corrected chi connectivity index (χ2v) is 33.2. The number of carbonyl (C=O) groups is 6. The fraction of sp³-hybridized carbons (Fsp3) is 0.355. The Morgan fingerprint density at radius 2 is 0.598 bits per heavy atom. The van der Waals surface area contributed by atoms with E-state index >= 15 is 0 Å². The normalized spacial score (nSPS) is 15.1.